The molecule has 2 aromatic rings. The summed E-state index contributed by atoms with van der Waals surface area (Å²) in [6.45, 7) is 1.90. The SMILES string of the molecule is COC(c1noc(-c2ccc(O)cc2C)n1)C1CC1. The zero-order chi connectivity index (χ0) is 13.4. The van der Waals surface area contributed by atoms with E-state index in [-0.39, 0.29) is 11.9 Å². The first kappa shape index (κ1) is 12.2. The van der Waals surface area contributed by atoms with E-state index < -0.39 is 0 Å². The molecule has 5 heteroatoms. The number of nitrogens with zero attached hydrogens (tertiary/aromatic N) is 2. The molecule has 100 valence electrons. The number of rotatable bonds is 4. The summed E-state index contributed by atoms with van der Waals surface area (Å²) in [6.07, 6.45) is 2.23. The van der Waals surface area contributed by atoms with Gasteiger partial charge in [-0.05, 0) is 49.4 Å². The summed E-state index contributed by atoms with van der Waals surface area (Å²) in [5, 5.41) is 13.4. The Hall–Kier alpha value is -1.88. The topological polar surface area (TPSA) is 68.4 Å². The van der Waals surface area contributed by atoms with Crippen molar-refractivity contribution in [1.82, 2.24) is 10.1 Å². The molecule has 1 fully saturated rings. The normalized spacial score (nSPS) is 16.5. The Morgan fingerprint density at radius 3 is 2.84 bits per heavy atom. The van der Waals surface area contributed by atoms with E-state index in [0.717, 1.165) is 24.0 Å². The van der Waals surface area contributed by atoms with Gasteiger partial charge in [-0.2, -0.15) is 4.98 Å². The summed E-state index contributed by atoms with van der Waals surface area (Å²) < 4.78 is 10.7. The number of aryl methyl sites for hydroxylation is 1. The smallest absolute Gasteiger partial charge is 0.258 e. The fraction of sp³-hybridized carbons (Fsp3) is 0.429. The highest BCUT2D eigenvalue weighted by Crippen LogP contribution is 2.42. The Labute approximate surface area is 111 Å². The van der Waals surface area contributed by atoms with Crippen molar-refractivity contribution in [1.29, 1.82) is 0 Å². The average molecular weight is 260 g/mol. The van der Waals surface area contributed by atoms with Crippen molar-refractivity contribution in [2.75, 3.05) is 7.11 Å². The molecule has 1 heterocycles. The van der Waals surface area contributed by atoms with E-state index in [9.17, 15) is 5.11 Å². The Balaban J connectivity index is 1.91. The van der Waals surface area contributed by atoms with Gasteiger partial charge < -0.3 is 14.4 Å². The number of hydrogen-bond acceptors (Lipinski definition) is 5. The second-order valence-electron chi connectivity index (χ2n) is 4.95. The molecule has 1 aromatic carbocycles. The molecule has 1 N–H and O–H groups in total. The lowest BCUT2D eigenvalue weighted by Gasteiger charge is -2.08. The summed E-state index contributed by atoms with van der Waals surface area (Å²) >= 11 is 0. The van der Waals surface area contributed by atoms with Crippen LogP contribution < -0.4 is 0 Å². The highest BCUT2D eigenvalue weighted by Gasteiger charge is 2.35. The Morgan fingerprint density at radius 1 is 1.42 bits per heavy atom. The van der Waals surface area contributed by atoms with Crippen LogP contribution >= 0.6 is 0 Å². The number of phenolic OH excluding ortho intramolecular Hbond substituents is 1. The maximum Gasteiger partial charge on any atom is 0.258 e. The number of hydrogen-bond donors (Lipinski definition) is 1. The van der Waals surface area contributed by atoms with Crippen molar-refractivity contribution in [3.8, 4) is 17.2 Å². The lowest BCUT2D eigenvalue weighted by atomic mass is 10.1. The molecule has 0 saturated heterocycles. The van der Waals surface area contributed by atoms with Gasteiger partial charge in [-0.3, -0.25) is 0 Å². The maximum absolute atomic E-state index is 9.41. The van der Waals surface area contributed by atoms with Crippen LogP contribution in [0.3, 0.4) is 0 Å². The summed E-state index contributed by atoms with van der Waals surface area (Å²) in [5.74, 6) is 1.81. The molecule has 0 aliphatic heterocycles. The van der Waals surface area contributed by atoms with Crippen LogP contribution in [0.5, 0.6) is 5.75 Å². The molecule has 1 unspecified atom stereocenters. The van der Waals surface area contributed by atoms with E-state index in [1.54, 1.807) is 25.3 Å². The van der Waals surface area contributed by atoms with Crippen LogP contribution in [0, 0.1) is 12.8 Å². The van der Waals surface area contributed by atoms with E-state index in [4.69, 9.17) is 9.26 Å². The Kier molecular flexibility index (Phi) is 2.98. The number of phenols is 1. The maximum atomic E-state index is 9.41. The van der Waals surface area contributed by atoms with Gasteiger partial charge in [0.15, 0.2) is 0 Å². The second kappa shape index (κ2) is 4.66. The number of ether oxygens (including phenoxy) is 1. The van der Waals surface area contributed by atoms with Crippen molar-refractivity contribution in [2.24, 2.45) is 5.92 Å². The molecule has 0 radical (unpaired) electrons. The van der Waals surface area contributed by atoms with Crippen LogP contribution in [-0.2, 0) is 4.74 Å². The van der Waals surface area contributed by atoms with Crippen molar-refractivity contribution >= 4 is 0 Å². The minimum atomic E-state index is -0.0741. The van der Waals surface area contributed by atoms with Crippen LogP contribution in [0.1, 0.15) is 30.3 Å². The van der Waals surface area contributed by atoms with E-state index >= 15 is 0 Å². The summed E-state index contributed by atoms with van der Waals surface area (Å²) in [4.78, 5) is 4.42. The number of aromatic nitrogens is 2. The van der Waals surface area contributed by atoms with Gasteiger partial charge >= 0.3 is 0 Å². The number of benzene rings is 1. The van der Waals surface area contributed by atoms with Gasteiger partial charge in [0.1, 0.15) is 11.9 Å². The van der Waals surface area contributed by atoms with Crippen LogP contribution in [0.25, 0.3) is 11.5 Å². The zero-order valence-electron chi connectivity index (χ0n) is 11.0. The highest BCUT2D eigenvalue weighted by atomic mass is 16.5. The minimum absolute atomic E-state index is 0.0741. The first-order chi connectivity index (χ1) is 9.19. The lowest BCUT2D eigenvalue weighted by Crippen LogP contribution is -2.05. The standard InChI is InChI=1S/C14H16N2O3/c1-8-7-10(17)5-6-11(8)14-15-13(16-19-14)12(18-2)9-3-4-9/h5-7,9,12,17H,3-4H2,1-2H3. The lowest BCUT2D eigenvalue weighted by molar-refractivity contribution is 0.0751. The summed E-state index contributed by atoms with van der Waals surface area (Å²) in [5.41, 5.74) is 1.73. The monoisotopic (exact) mass is 260 g/mol. The fourth-order valence-electron chi connectivity index (χ4n) is 2.26. The van der Waals surface area contributed by atoms with Crippen LogP contribution in [0.15, 0.2) is 22.7 Å². The molecule has 1 aromatic heterocycles. The third-order valence-corrected chi connectivity index (χ3v) is 3.44. The van der Waals surface area contributed by atoms with Crippen LogP contribution in [0.2, 0.25) is 0 Å². The van der Waals surface area contributed by atoms with Gasteiger partial charge in [-0.25, -0.2) is 0 Å². The van der Waals surface area contributed by atoms with Crippen molar-refractivity contribution in [3.63, 3.8) is 0 Å². The molecule has 1 saturated carbocycles. The molecular formula is C14H16N2O3. The predicted octanol–water partition coefficient (Wildman–Crippen LogP) is 2.85. The van der Waals surface area contributed by atoms with Gasteiger partial charge in [0.05, 0.1) is 0 Å². The van der Waals surface area contributed by atoms with E-state index in [1.165, 1.54) is 0 Å². The molecule has 19 heavy (non-hydrogen) atoms. The molecule has 0 spiro atoms. The second-order valence-corrected chi connectivity index (χ2v) is 4.95. The van der Waals surface area contributed by atoms with Gasteiger partial charge in [0.2, 0.25) is 5.82 Å². The van der Waals surface area contributed by atoms with E-state index in [1.807, 2.05) is 6.92 Å². The summed E-state index contributed by atoms with van der Waals surface area (Å²) in [6, 6.07) is 5.07. The largest absolute Gasteiger partial charge is 0.508 e. The van der Waals surface area contributed by atoms with E-state index in [0.29, 0.717) is 17.6 Å². The molecule has 1 atom stereocenters. The third kappa shape index (κ3) is 2.33. The van der Waals surface area contributed by atoms with Crippen molar-refractivity contribution in [3.05, 3.63) is 29.6 Å². The quantitative estimate of drug-likeness (QED) is 0.915. The number of methoxy groups -OCH3 is 1. The predicted molar refractivity (Wildman–Crippen MR) is 68.6 cm³/mol. The Bertz CT molecular complexity index is 590. The zero-order valence-corrected chi connectivity index (χ0v) is 11.0. The van der Waals surface area contributed by atoms with Gasteiger partial charge in [0, 0.05) is 12.7 Å². The van der Waals surface area contributed by atoms with Gasteiger partial charge in [0.25, 0.3) is 5.89 Å². The third-order valence-electron chi connectivity index (χ3n) is 3.44. The number of aromatic hydroxyl groups is 1. The molecule has 3 rings (SSSR count). The summed E-state index contributed by atoms with van der Waals surface area (Å²) in [7, 11) is 1.67. The van der Waals surface area contributed by atoms with Crippen LogP contribution in [-0.4, -0.2) is 22.4 Å². The molecular weight excluding hydrogens is 244 g/mol. The Morgan fingerprint density at radius 2 is 2.21 bits per heavy atom. The first-order valence-electron chi connectivity index (χ1n) is 6.35. The molecule has 5 nitrogen and oxygen atoms in total. The average Bonchev–Trinajstić information content (AvgIpc) is 3.09. The van der Waals surface area contributed by atoms with Crippen molar-refractivity contribution in [2.45, 2.75) is 25.9 Å². The van der Waals surface area contributed by atoms with Gasteiger partial charge in [-0.15, -0.1) is 0 Å². The first-order valence-corrected chi connectivity index (χ1v) is 6.35. The molecule has 0 amide bonds. The van der Waals surface area contributed by atoms with Crippen molar-refractivity contribution < 1.29 is 14.4 Å². The van der Waals surface area contributed by atoms with Gasteiger partial charge in [-0.1, -0.05) is 5.16 Å². The molecule has 1 aliphatic rings. The molecule has 0 bridgehead atoms. The minimum Gasteiger partial charge on any atom is -0.508 e. The van der Waals surface area contributed by atoms with E-state index in [2.05, 4.69) is 10.1 Å². The van der Waals surface area contributed by atoms with Crippen LogP contribution in [0.4, 0.5) is 0 Å². The fourth-order valence-corrected chi connectivity index (χ4v) is 2.26. The molecule has 1 aliphatic carbocycles. The highest BCUT2D eigenvalue weighted by molar-refractivity contribution is 5.59.